The molecule has 2 N–H and O–H groups in total. The monoisotopic (exact) mass is 299 g/mol. The predicted molar refractivity (Wildman–Crippen MR) is 75.8 cm³/mol. The van der Waals surface area contributed by atoms with Gasteiger partial charge in [0.25, 0.3) is 0 Å². The Morgan fingerprint density at radius 3 is 2.38 bits per heavy atom. The van der Waals surface area contributed by atoms with Gasteiger partial charge in [-0.3, -0.25) is 4.79 Å². The summed E-state index contributed by atoms with van der Waals surface area (Å²) in [5.74, 6) is -0.547. The van der Waals surface area contributed by atoms with Crippen molar-refractivity contribution in [2.75, 3.05) is 13.1 Å². The third-order valence-electron chi connectivity index (χ3n) is 4.29. The summed E-state index contributed by atoms with van der Waals surface area (Å²) >= 11 is 0. The lowest BCUT2D eigenvalue weighted by Gasteiger charge is -2.43. The summed E-state index contributed by atoms with van der Waals surface area (Å²) in [7, 11) is 0. The number of amides is 1. The van der Waals surface area contributed by atoms with Crippen LogP contribution in [0.5, 0.6) is 0 Å². The number of aliphatic carboxylic acids is 1. The summed E-state index contributed by atoms with van der Waals surface area (Å²) in [5, 5.41) is 19.9. The molecule has 1 saturated heterocycles. The first kappa shape index (κ1) is 16.1. The van der Waals surface area contributed by atoms with Gasteiger partial charge in [-0.1, -0.05) is 12.8 Å². The normalized spacial score (nSPS) is 30.1. The van der Waals surface area contributed by atoms with E-state index in [4.69, 9.17) is 4.74 Å². The maximum absolute atomic E-state index is 12.0. The lowest BCUT2D eigenvalue weighted by molar-refractivity contribution is -0.164. The van der Waals surface area contributed by atoms with Crippen molar-refractivity contribution in [1.29, 1.82) is 0 Å². The molecule has 2 atom stereocenters. The Morgan fingerprint density at radius 1 is 1.33 bits per heavy atom. The predicted octanol–water partition coefficient (Wildman–Crippen LogP) is 1.86. The lowest BCUT2D eigenvalue weighted by Crippen LogP contribution is -2.56. The van der Waals surface area contributed by atoms with Crippen LogP contribution >= 0.6 is 0 Å². The summed E-state index contributed by atoms with van der Waals surface area (Å²) in [6.45, 7) is 5.67. The minimum atomic E-state index is -1.11. The molecular formula is C15H25NO5. The molecule has 2 rings (SSSR count). The maximum atomic E-state index is 12.0. The standard InChI is InChI=1S/C15H25NO5/c1-14(2,3)21-13(20)16-7-6-15(12(18)19,11(17)9-16)8-10-4-5-10/h10-11,17H,4-9H2,1-3H3,(H,18,19). The molecule has 2 unspecified atom stereocenters. The van der Waals surface area contributed by atoms with Crippen LogP contribution in [0.25, 0.3) is 0 Å². The van der Waals surface area contributed by atoms with Crippen molar-refractivity contribution in [2.24, 2.45) is 11.3 Å². The number of carbonyl (C=O) groups is 2. The van der Waals surface area contributed by atoms with E-state index in [9.17, 15) is 19.8 Å². The van der Waals surface area contributed by atoms with E-state index in [1.165, 1.54) is 4.90 Å². The van der Waals surface area contributed by atoms with Gasteiger partial charge < -0.3 is 19.8 Å². The molecule has 1 aliphatic carbocycles. The highest BCUT2D eigenvalue weighted by atomic mass is 16.6. The van der Waals surface area contributed by atoms with Gasteiger partial charge in [-0.15, -0.1) is 0 Å². The van der Waals surface area contributed by atoms with Gasteiger partial charge in [0.1, 0.15) is 5.60 Å². The van der Waals surface area contributed by atoms with Gasteiger partial charge in [0.2, 0.25) is 0 Å². The van der Waals surface area contributed by atoms with E-state index in [2.05, 4.69) is 0 Å². The van der Waals surface area contributed by atoms with Crippen LogP contribution in [0.3, 0.4) is 0 Å². The van der Waals surface area contributed by atoms with Crippen LogP contribution in [0.1, 0.15) is 46.5 Å². The van der Waals surface area contributed by atoms with E-state index in [1.807, 2.05) is 0 Å². The Bertz CT molecular complexity index is 426. The lowest BCUT2D eigenvalue weighted by atomic mass is 9.72. The van der Waals surface area contributed by atoms with E-state index in [1.54, 1.807) is 20.8 Å². The third kappa shape index (κ3) is 3.67. The van der Waals surface area contributed by atoms with Crippen molar-refractivity contribution in [1.82, 2.24) is 4.90 Å². The van der Waals surface area contributed by atoms with E-state index >= 15 is 0 Å². The number of nitrogens with zero attached hydrogens (tertiary/aromatic N) is 1. The first-order valence-corrected chi connectivity index (χ1v) is 7.53. The fraction of sp³-hybridized carbons (Fsp3) is 0.867. The number of piperidine rings is 1. The van der Waals surface area contributed by atoms with Crippen LogP contribution in [0.15, 0.2) is 0 Å². The third-order valence-corrected chi connectivity index (χ3v) is 4.29. The Labute approximate surface area is 125 Å². The van der Waals surface area contributed by atoms with Crippen LogP contribution in [-0.2, 0) is 9.53 Å². The van der Waals surface area contributed by atoms with Crippen molar-refractivity contribution in [3.8, 4) is 0 Å². The van der Waals surface area contributed by atoms with Crippen LogP contribution in [0.4, 0.5) is 4.79 Å². The van der Waals surface area contributed by atoms with Gasteiger partial charge >= 0.3 is 12.1 Å². The molecule has 120 valence electrons. The number of β-amino-alcohol motifs (C(OH)–C–C–N with tert-alkyl or cyclic N) is 1. The summed E-state index contributed by atoms with van der Waals surface area (Å²) < 4.78 is 5.28. The summed E-state index contributed by atoms with van der Waals surface area (Å²) in [6, 6.07) is 0. The molecule has 0 aromatic rings. The molecule has 0 radical (unpaired) electrons. The fourth-order valence-electron chi connectivity index (χ4n) is 2.88. The van der Waals surface area contributed by atoms with Gasteiger partial charge in [0, 0.05) is 6.54 Å². The molecule has 1 amide bonds. The quantitative estimate of drug-likeness (QED) is 0.830. The number of aliphatic hydroxyl groups excluding tert-OH is 1. The Kier molecular flexibility index (Phi) is 4.19. The minimum Gasteiger partial charge on any atom is -0.481 e. The van der Waals surface area contributed by atoms with Crippen LogP contribution in [0, 0.1) is 11.3 Å². The van der Waals surface area contributed by atoms with E-state index in [-0.39, 0.29) is 13.0 Å². The number of hydrogen-bond acceptors (Lipinski definition) is 4. The second kappa shape index (κ2) is 5.48. The summed E-state index contributed by atoms with van der Waals surface area (Å²) in [5.41, 5.74) is -1.71. The summed E-state index contributed by atoms with van der Waals surface area (Å²) in [6.07, 6.45) is 1.32. The van der Waals surface area contributed by atoms with Crippen molar-refractivity contribution in [3.05, 3.63) is 0 Å². The van der Waals surface area contributed by atoms with Gasteiger partial charge in [0.15, 0.2) is 0 Å². The minimum absolute atomic E-state index is 0.0218. The van der Waals surface area contributed by atoms with Crippen molar-refractivity contribution >= 4 is 12.1 Å². The highest BCUT2D eigenvalue weighted by molar-refractivity contribution is 5.77. The second-order valence-corrected chi connectivity index (χ2v) is 7.30. The molecule has 21 heavy (non-hydrogen) atoms. The highest BCUT2D eigenvalue weighted by Crippen LogP contribution is 2.46. The Morgan fingerprint density at radius 2 is 1.95 bits per heavy atom. The first-order chi connectivity index (χ1) is 9.64. The Balaban J connectivity index is 2.03. The smallest absolute Gasteiger partial charge is 0.410 e. The first-order valence-electron chi connectivity index (χ1n) is 7.53. The number of carboxylic acids is 1. The van der Waals surface area contributed by atoms with Crippen LogP contribution < -0.4 is 0 Å². The average Bonchev–Trinajstić information content (AvgIpc) is 3.13. The molecule has 6 nitrogen and oxygen atoms in total. The fourth-order valence-corrected chi connectivity index (χ4v) is 2.88. The number of carboxylic acid groups (broad SMARTS) is 1. The molecule has 0 bridgehead atoms. The molecule has 1 saturated carbocycles. The number of rotatable bonds is 3. The zero-order valence-electron chi connectivity index (χ0n) is 13.0. The number of hydrogen-bond donors (Lipinski definition) is 2. The van der Waals surface area contributed by atoms with Crippen LogP contribution in [-0.4, -0.2) is 52.0 Å². The molecule has 1 heterocycles. The van der Waals surface area contributed by atoms with Crippen molar-refractivity contribution in [3.63, 3.8) is 0 Å². The van der Waals surface area contributed by atoms with Gasteiger partial charge in [-0.2, -0.15) is 0 Å². The average molecular weight is 299 g/mol. The van der Waals surface area contributed by atoms with E-state index < -0.39 is 29.2 Å². The van der Waals surface area contributed by atoms with E-state index in [0.29, 0.717) is 18.9 Å². The molecule has 2 fully saturated rings. The largest absolute Gasteiger partial charge is 0.481 e. The molecule has 2 aliphatic rings. The van der Waals surface area contributed by atoms with Gasteiger partial charge in [-0.25, -0.2) is 4.79 Å². The number of ether oxygens (including phenoxy) is 1. The van der Waals surface area contributed by atoms with Gasteiger partial charge in [-0.05, 0) is 39.5 Å². The van der Waals surface area contributed by atoms with Crippen molar-refractivity contribution in [2.45, 2.75) is 58.2 Å². The highest BCUT2D eigenvalue weighted by Gasteiger charge is 2.52. The summed E-state index contributed by atoms with van der Waals surface area (Å²) in [4.78, 5) is 25.1. The second-order valence-electron chi connectivity index (χ2n) is 7.30. The number of likely N-dealkylation sites (tertiary alicyclic amines) is 1. The topological polar surface area (TPSA) is 87.1 Å². The zero-order valence-corrected chi connectivity index (χ0v) is 13.0. The van der Waals surface area contributed by atoms with Crippen LogP contribution in [0.2, 0.25) is 0 Å². The van der Waals surface area contributed by atoms with E-state index in [0.717, 1.165) is 12.8 Å². The number of carbonyl (C=O) groups excluding carboxylic acids is 1. The Hall–Kier alpha value is -1.30. The molecular weight excluding hydrogens is 274 g/mol. The number of aliphatic hydroxyl groups is 1. The van der Waals surface area contributed by atoms with Gasteiger partial charge in [0.05, 0.1) is 18.1 Å². The zero-order chi connectivity index (χ0) is 15.8. The SMILES string of the molecule is CC(C)(C)OC(=O)N1CCC(CC2CC2)(C(=O)O)C(O)C1. The molecule has 0 aromatic heterocycles. The van der Waals surface area contributed by atoms with Crippen molar-refractivity contribution < 1.29 is 24.5 Å². The molecule has 1 aliphatic heterocycles. The molecule has 6 heteroatoms. The molecule has 0 aromatic carbocycles. The molecule has 0 spiro atoms. The maximum Gasteiger partial charge on any atom is 0.410 e.